The lowest BCUT2D eigenvalue weighted by molar-refractivity contribution is -0.170. The summed E-state index contributed by atoms with van der Waals surface area (Å²) in [5.41, 5.74) is 5.16. The van der Waals surface area contributed by atoms with Gasteiger partial charge >= 0.3 is 0 Å². The number of nitrogens with zero attached hydrogens (tertiary/aromatic N) is 1. The van der Waals surface area contributed by atoms with Crippen LogP contribution in [0.1, 0.15) is 68.7 Å². The Kier molecular flexibility index (Phi) is 6.28. The third-order valence-electron chi connectivity index (χ3n) is 6.76. The van der Waals surface area contributed by atoms with Gasteiger partial charge in [0.1, 0.15) is 5.75 Å². The molecule has 4 heteroatoms. The Labute approximate surface area is 181 Å². The number of amides is 1. The smallest absolute Gasteiger partial charge is 0.253 e. The number of methoxy groups -OCH3 is 1. The van der Waals surface area contributed by atoms with E-state index in [1.807, 2.05) is 24.3 Å². The highest BCUT2D eigenvalue weighted by Crippen LogP contribution is 2.46. The van der Waals surface area contributed by atoms with E-state index in [0.29, 0.717) is 6.42 Å². The first-order valence-corrected chi connectivity index (χ1v) is 10.7. The predicted molar refractivity (Wildman–Crippen MR) is 121 cm³/mol. The number of hydrogen-bond donors (Lipinski definition) is 0. The maximum Gasteiger partial charge on any atom is 0.253 e. The summed E-state index contributed by atoms with van der Waals surface area (Å²) in [5.74, 6) is 0.462. The van der Waals surface area contributed by atoms with E-state index in [4.69, 9.17) is 9.57 Å². The summed E-state index contributed by atoms with van der Waals surface area (Å²) < 4.78 is 5.27. The van der Waals surface area contributed by atoms with Crippen LogP contribution in [-0.4, -0.2) is 32.2 Å². The Balaban J connectivity index is 2.04. The van der Waals surface area contributed by atoms with E-state index in [9.17, 15) is 4.79 Å². The lowest BCUT2D eigenvalue weighted by atomic mass is 9.62. The molecule has 2 aromatic carbocycles. The molecule has 1 amide bonds. The van der Waals surface area contributed by atoms with E-state index in [-0.39, 0.29) is 22.7 Å². The molecule has 0 aromatic heterocycles. The molecule has 0 fully saturated rings. The summed E-state index contributed by atoms with van der Waals surface area (Å²) in [7, 11) is 4.86. The molecule has 0 N–H and O–H groups in total. The second-order valence-corrected chi connectivity index (χ2v) is 9.70. The van der Waals surface area contributed by atoms with Gasteiger partial charge in [0.15, 0.2) is 0 Å². The number of carbonyl (C=O) groups is 1. The first-order chi connectivity index (χ1) is 14.1. The van der Waals surface area contributed by atoms with Crippen molar-refractivity contribution >= 4 is 5.91 Å². The number of carbonyl (C=O) groups excluding carboxylic acids is 1. The number of hydrogen-bond acceptors (Lipinski definition) is 3. The van der Waals surface area contributed by atoms with Crippen molar-refractivity contribution in [1.82, 2.24) is 5.06 Å². The summed E-state index contributed by atoms with van der Waals surface area (Å²) in [4.78, 5) is 18.5. The fraction of sp³-hybridized carbons (Fsp3) is 0.500. The topological polar surface area (TPSA) is 38.8 Å². The lowest BCUT2D eigenvalue weighted by Crippen LogP contribution is -2.35. The second kappa shape index (κ2) is 8.43. The van der Waals surface area contributed by atoms with E-state index < -0.39 is 0 Å². The Morgan fingerprint density at radius 2 is 1.57 bits per heavy atom. The average Bonchev–Trinajstić information content (AvgIpc) is 2.74. The maximum atomic E-state index is 13.2. The van der Waals surface area contributed by atoms with Gasteiger partial charge in [0, 0.05) is 7.05 Å². The number of rotatable bonds is 6. The van der Waals surface area contributed by atoms with Crippen LogP contribution in [0.2, 0.25) is 0 Å². The SMILES string of the molecule is COc1ccc(CC(C(=O)N(C)OC)c2ccc3c(c2)C(C)(C)CCC3(C)C)cc1. The van der Waals surface area contributed by atoms with E-state index in [2.05, 4.69) is 45.9 Å². The molecule has 30 heavy (non-hydrogen) atoms. The van der Waals surface area contributed by atoms with Crippen molar-refractivity contribution in [3.63, 3.8) is 0 Å². The van der Waals surface area contributed by atoms with Crippen molar-refractivity contribution < 1.29 is 14.4 Å². The fourth-order valence-corrected chi connectivity index (χ4v) is 4.48. The third-order valence-corrected chi connectivity index (χ3v) is 6.76. The number of ether oxygens (including phenoxy) is 1. The van der Waals surface area contributed by atoms with Gasteiger partial charge in [0.25, 0.3) is 5.91 Å². The molecule has 1 atom stereocenters. The molecule has 2 aromatic rings. The van der Waals surface area contributed by atoms with Crippen LogP contribution in [0.25, 0.3) is 0 Å². The molecule has 1 unspecified atom stereocenters. The Morgan fingerprint density at radius 1 is 0.967 bits per heavy atom. The number of hydroxylamine groups is 2. The molecule has 4 nitrogen and oxygen atoms in total. The molecular weight excluding hydrogens is 374 g/mol. The molecule has 1 aliphatic carbocycles. The highest BCUT2D eigenvalue weighted by molar-refractivity contribution is 5.83. The van der Waals surface area contributed by atoms with Crippen LogP contribution < -0.4 is 4.74 Å². The van der Waals surface area contributed by atoms with Crippen molar-refractivity contribution in [3.05, 3.63) is 64.7 Å². The summed E-state index contributed by atoms with van der Waals surface area (Å²) in [6.45, 7) is 9.26. The summed E-state index contributed by atoms with van der Waals surface area (Å²) >= 11 is 0. The predicted octanol–water partition coefficient (Wildman–Crippen LogP) is 5.39. The van der Waals surface area contributed by atoms with Crippen LogP contribution in [-0.2, 0) is 26.9 Å². The van der Waals surface area contributed by atoms with Crippen LogP contribution in [0.5, 0.6) is 5.75 Å². The van der Waals surface area contributed by atoms with Gasteiger partial charge < -0.3 is 4.74 Å². The quantitative estimate of drug-likeness (QED) is 0.601. The van der Waals surface area contributed by atoms with Gasteiger partial charge in [-0.15, -0.1) is 0 Å². The highest BCUT2D eigenvalue weighted by atomic mass is 16.7. The monoisotopic (exact) mass is 409 g/mol. The summed E-state index contributed by atoms with van der Waals surface area (Å²) in [6.07, 6.45) is 2.93. The zero-order valence-electron chi connectivity index (χ0n) is 19.4. The number of fused-ring (bicyclic) bond motifs is 1. The van der Waals surface area contributed by atoms with E-state index in [0.717, 1.165) is 23.3 Å². The summed E-state index contributed by atoms with van der Waals surface area (Å²) in [5, 5.41) is 1.34. The molecule has 0 saturated carbocycles. The molecule has 0 heterocycles. The van der Waals surface area contributed by atoms with Crippen molar-refractivity contribution in [2.24, 2.45) is 0 Å². The minimum Gasteiger partial charge on any atom is -0.497 e. The Morgan fingerprint density at radius 3 is 2.13 bits per heavy atom. The molecule has 0 saturated heterocycles. The number of likely N-dealkylation sites (N-methyl/N-ethyl adjacent to an activating group) is 1. The van der Waals surface area contributed by atoms with Gasteiger partial charge in [-0.05, 0) is 64.5 Å². The number of benzene rings is 2. The maximum absolute atomic E-state index is 13.2. The molecule has 0 spiro atoms. The molecule has 0 aliphatic heterocycles. The highest BCUT2D eigenvalue weighted by Gasteiger charge is 2.38. The molecule has 0 radical (unpaired) electrons. The van der Waals surface area contributed by atoms with Crippen LogP contribution in [0, 0.1) is 0 Å². The largest absolute Gasteiger partial charge is 0.497 e. The first-order valence-electron chi connectivity index (χ1n) is 10.7. The van der Waals surface area contributed by atoms with E-state index in [1.165, 1.54) is 29.7 Å². The zero-order valence-corrected chi connectivity index (χ0v) is 19.4. The minimum absolute atomic E-state index is 0.0406. The van der Waals surface area contributed by atoms with Crippen molar-refractivity contribution in [2.75, 3.05) is 21.3 Å². The second-order valence-electron chi connectivity index (χ2n) is 9.70. The van der Waals surface area contributed by atoms with Crippen molar-refractivity contribution in [2.45, 2.75) is 63.7 Å². The fourth-order valence-electron chi connectivity index (χ4n) is 4.48. The lowest BCUT2D eigenvalue weighted by Gasteiger charge is -2.42. The van der Waals surface area contributed by atoms with Crippen molar-refractivity contribution in [3.8, 4) is 5.75 Å². The van der Waals surface area contributed by atoms with Gasteiger partial charge in [-0.3, -0.25) is 9.63 Å². The Bertz CT molecular complexity index is 899. The molecule has 0 bridgehead atoms. The van der Waals surface area contributed by atoms with Crippen LogP contribution in [0.3, 0.4) is 0 Å². The van der Waals surface area contributed by atoms with Crippen LogP contribution >= 0.6 is 0 Å². The van der Waals surface area contributed by atoms with Gasteiger partial charge in [-0.2, -0.15) is 0 Å². The van der Waals surface area contributed by atoms with Gasteiger partial charge in [-0.1, -0.05) is 58.0 Å². The standard InChI is InChI=1S/C26H35NO3/c1-25(2)14-15-26(3,4)23-17-19(10-13-22(23)25)21(24(28)27(5)30-7)16-18-8-11-20(29-6)12-9-18/h8-13,17,21H,14-16H2,1-7H3. The minimum atomic E-state index is -0.311. The molecule has 1 aliphatic rings. The van der Waals surface area contributed by atoms with Gasteiger partial charge in [-0.25, -0.2) is 5.06 Å². The first kappa shape index (κ1) is 22.4. The van der Waals surface area contributed by atoms with Crippen LogP contribution in [0.15, 0.2) is 42.5 Å². The molecule has 3 rings (SSSR count). The summed E-state index contributed by atoms with van der Waals surface area (Å²) in [6, 6.07) is 14.6. The molecular formula is C26H35NO3. The zero-order chi connectivity index (χ0) is 22.1. The van der Waals surface area contributed by atoms with E-state index in [1.54, 1.807) is 14.2 Å². The van der Waals surface area contributed by atoms with Crippen molar-refractivity contribution in [1.29, 1.82) is 0 Å². The van der Waals surface area contributed by atoms with Crippen LogP contribution in [0.4, 0.5) is 0 Å². The third kappa shape index (κ3) is 4.39. The van der Waals surface area contributed by atoms with Gasteiger partial charge in [0.05, 0.1) is 20.1 Å². The van der Waals surface area contributed by atoms with E-state index >= 15 is 0 Å². The molecule has 162 valence electrons. The average molecular weight is 410 g/mol. The van der Waals surface area contributed by atoms with Gasteiger partial charge in [0.2, 0.25) is 0 Å². The Hall–Kier alpha value is -2.33. The normalized spacial score (nSPS) is 17.7.